The first-order chi connectivity index (χ1) is 15.4. The summed E-state index contributed by atoms with van der Waals surface area (Å²) in [6.07, 6.45) is 0. The maximum atomic E-state index is 12.5. The lowest BCUT2D eigenvalue weighted by molar-refractivity contribution is 0.0849. The summed E-state index contributed by atoms with van der Waals surface area (Å²) in [5.41, 5.74) is 7.26. The van der Waals surface area contributed by atoms with Gasteiger partial charge in [0, 0.05) is 26.9 Å². The van der Waals surface area contributed by atoms with Crippen molar-refractivity contribution in [2.24, 2.45) is 0 Å². The smallest absolute Gasteiger partial charge is 0.281 e. The molecule has 0 aliphatic carbocycles. The molecule has 0 atom stereocenters. The van der Waals surface area contributed by atoms with Gasteiger partial charge in [-0.3, -0.25) is 25.2 Å². The molecule has 3 aromatic carbocycles. The molecule has 0 radical (unpaired) electrons. The molecule has 0 aliphatic rings. The van der Waals surface area contributed by atoms with Crippen molar-refractivity contribution >= 4 is 56.4 Å². The number of halogens is 1. The van der Waals surface area contributed by atoms with Crippen LogP contribution in [0.2, 0.25) is 5.02 Å². The SMILES string of the molecule is Cc1ccc2c(Cl)c(C(=O)NNC(=O)c3ccc(NC(=O)c4ccccc4)cc3)sc2c1. The van der Waals surface area contributed by atoms with E-state index in [1.165, 1.54) is 11.3 Å². The average Bonchev–Trinajstić information content (AvgIpc) is 3.13. The first-order valence-corrected chi connectivity index (χ1v) is 10.9. The standard InChI is InChI=1S/C24H18ClN3O3S/c1-14-7-12-18-19(13-14)32-21(20(18)25)24(31)28-27-23(30)16-8-10-17(11-9-16)26-22(29)15-5-3-2-4-6-15/h2-13H,1H3,(H,26,29)(H,27,30)(H,28,31). The molecule has 1 heterocycles. The topological polar surface area (TPSA) is 87.3 Å². The van der Waals surface area contributed by atoms with E-state index in [-0.39, 0.29) is 5.91 Å². The van der Waals surface area contributed by atoms with Crippen molar-refractivity contribution in [3.05, 3.63) is 99.4 Å². The van der Waals surface area contributed by atoms with E-state index in [1.54, 1.807) is 48.5 Å². The second kappa shape index (κ2) is 9.21. The van der Waals surface area contributed by atoms with Gasteiger partial charge in [0.2, 0.25) is 0 Å². The molecule has 0 saturated carbocycles. The fourth-order valence-corrected chi connectivity index (χ4v) is 4.57. The summed E-state index contributed by atoms with van der Waals surface area (Å²) in [7, 11) is 0. The number of hydrogen-bond acceptors (Lipinski definition) is 4. The van der Waals surface area contributed by atoms with Crippen LogP contribution in [-0.2, 0) is 0 Å². The van der Waals surface area contributed by atoms with Crippen LogP contribution in [0.5, 0.6) is 0 Å². The number of anilines is 1. The highest BCUT2D eigenvalue weighted by molar-refractivity contribution is 7.21. The first kappa shape index (κ1) is 21.5. The van der Waals surface area contributed by atoms with Crippen molar-refractivity contribution in [3.8, 4) is 0 Å². The van der Waals surface area contributed by atoms with E-state index < -0.39 is 11.8 Å². The van der Waals surface area contributed by atoms with Gasteiger partial charge in [0.15, 0.2) is 0 Å². The van der Waals surface area contributed by atoms with Crippen LogP contribution in [0.1, 0.15) is 36.0 Å². The maximum absolute atomic E-state index is 12.5. The highest BCUT2D eigenvalue weighted by atomic mass is 35.5. The molecule has 3 amide bonds. The molecule has 0 spiro atoms. The third kappa shape index (κ3) is 4.64. The second-order valence-corrected chi connectivity index (χ2v) is 8.48. The molecule has 0 aliphatic heterocycles. The number of thiophene rings is 1. The van der Waals surface area contributed by atoms with Crippen molar-refractivity contribution in [2.75, 3.05) is 5.32 Å². The minimum atomic E-state index is -0.493. The van der Waals surface area contributed by atoms with E-state index in [1.807, 2.05) is 31.2 Å². The number of fused-ring (bicyclic) bond motifs is 1. The lowest BCUT2D eigenvalue weighted by atomic mass is 10.1. The van der Waals surface area contributed by atoms with Gasteiger partial charge in [-0.05, 0) is 55.0 Å². The number of rotatable bonds is 4. The fraction of sp³-hybridized carbons (Fsp3) is 0.0417. The normalized spacial score (nSPS) is 10.6. The van der Waals surface area contributed by atoms with Gasteiger partial charge in [0.25, 0.3) is 17.7 Å². The van der Waals surface area contributed by atoms with Gasteiger partial charge < -0.3 is 5.32 Å². The van der Waals surface area contributed by atoms with E-state index in [0.29, 0.717) is 26.7 Å². The third-order valence-electron chi connectivity index (χ3n) is 4.72. The van der Waals surface area contributed by atoms with Crippen molar-refractivity contribution in [3.63, 3.8) is 0 Å². The Labute approximate surface area is 193 Å². The Balaban J connectivity index is 1.37. The van der Waals surface area contributed by atoms with Crippen LogP contribution < -0.4 is 16.2 Å². The van der Waals surface area contributed by atoms with Crippen molar-refractivity contribution in [1.82, 2.24) is 10.9 Å². The van der Waals surface area contributed by atoms with Crippen molar-refractivity contribution in [1.29, 1.82) is 0 Å². The Bertz CT molecular complexity index is 1320. The minimum absolute atomic E-state index is 0.245. The lowest BCUT2D eigenvalue weighted by Gasteiger charge is -2.08. The summed E-state index contributed by atoms with van der Waals surface area (Å²) in [4.78, 5) is 37.4. The number of carbonyl (C=O) groups is 3. The number of aryl methyl sites for hydroxylation is 1. The monoisotopic (exact) mass is 463 g/mol. The number of hydrazine groups is 1. The van der Waals surface area contributed by atoms with Gasteiger partial charge in [-0.25, -0.2) is 0 Å². The van der Waals surface area contributed by atoms with E-state index in [4.69, 9.17) is 11.6 Å². The van der Waals surface area contributed by atoms with Crippen molar-refractivity contribution in [2.45, 2.75) is 6.92 Å². The summed E-state index contributed by atoms with van der Waals surface area (Å²) < 4.78 is 0.902. The number of benzene rings is 3. The summed E-state index contributed by atoms with van der Waals surface area (Å²) in [6, 6.07) is 20.9. The van der Waals surface area contributed by atoms with Crippen LogP contribution in [0.25, 0.3) is 10.1 Å². The molecular weight excluding hydrogens is 446 g/mol. The van der Waals surface area contributed by atoms with Crippen LogP contribution in [0.3, 0.4) is 0 Å². The van der Waals surface area contributed by atoms with E-state index in [2.05, 4.69) is 16.2 Å². The van der Waals surface area contributed by atoms with Gasteiger partial charge in [-0.1, -0.05) is 41.9 Å². The molecule has 0 unspecified atom stereocenters. The van der Waals surface area contributed by atoms with Crippen molar-refractivity contribution < 1.29 is 14.4 Å². The molecule has 4 rings (SSSR count). The van der Waals surface area contributed by atoms with Crippen LogP contribution >= 0.6 is 22.9 Å². The zero-order valence-corrected chi connectivity index (χ0v) is 18.5. The second-order valence-electron chi connectivity index (χ2n) is 7.05. The van der Waals surface area contributed by atoms with E-state index >= 15 is 0 Å². The van der Waals surface area contributed by atoms with Gasteiger partial charge >= 0.3 is 0 Å². The molecular formula is C24H18ClN3O3S. The number of hydrogen-bond donors (Lipinski definition) is 3. The van der Waals surface area contributed by atoms with Crippen LogP contribution in [0, 0.1) is 6.92 Å². The number of nitrogens with one attached hydrogen (secondary N) is 3. The third-order valence-corrected chi connectivity index (χ3v) is 6.38. The predicted molar refractivity (Wildman–Crippen MR) is 127 cm³/mol. The van der Waals surface area contributed by atoms with Gasteiger partial charge in [0.1, 0.15) is 4.88 Å². The Kier molecular flexibility index (Phi) is 6.20. The Hall–Kier alpha value is -3.68. The summed E-state index contributed by atoms with van der Waals surface area (Å²) in [6.45, 7) is 1.96. The molecule has 0 saturated heterocycles. The summed E-state index contributed by atoms with van der Waals surface area (Å²) in [5.74, 6) is -1.23. The molecule has 0 bridgehead atoms. The molecule has 160 valence electrons. The quantitative estimate of drug-likeness (QED) is 0.364. The molecule has 4 aromatic rings. The Morgan fingerprint density at radius 3 is 2.16 bits per heavy atom. The summed E-state index contributed by atoms with van der Waals surface area (Å²) >= 11 is 7.61. The predicted octanol–water partition coefficient (Wildman–Crippen LogP) is 5.19. The van der Waals surface area contributed by atoms with Gasteiger partial charge in [0.05, 0.1) is 5.02 Å². The zero-order chi connectivity index (χ0) is 22.7. The van der Waals surface area contributed by atoms with Crippen LogP contribution in [0.15, 0.2) is 72.8 Å². The highest BCUT2D eigenvalue weighted by Gasteiger charge is 2.18. The number of amides is 3. The Morgan fingerprint density at radius 2 is 1.44 bits per heavy atom. The maximum Gasteiger partial charge on any atom is 0.281 e. The average molecular weight is 464 g/mol. The van der Waals surface area contributed by atoms with E-state index in [0.717, 1.165) is 15.6 Å². The number of carbonyl (C=O) groups excluding carboxylic acids is 3. The molecule has 8 heteroatoms. The Morgan fingerprint density at radius 1 is 0.781 bits per heavy atom. The molecule has 0 fully saturated rings. The minimum Gasteiger partial charge on any atom is -0.322 e. The van der Waals surface area contributed by atoms with Crippen LogP contribution in [0.4, 0.5) is 5.69 Å². The van der Waals surface area contributed by atoms with Crippen LogP contribution in [-0.4, -0.2) is 17.7 Å². The molecule has 32 heavy (non-hydrogen) atoms. The van der Waals surface area contributed by atoms with Gasteiger partial charge in [-0.2, -0.15) is 0 Å². The summed E-state index contributed by atoms with van der Waals surface area (Å²) in [5, 5.41) is 3.92. The highest BCUT2D eigenvalue weighted by Crippen LogP contribution is 2.35. The van der Waals surface area contributed by atoms with E-state index in [9.17, 15) is 14.4 Å². The molecule has 1 aromatic heterocycles. The molecule has 6 nitrogen and oxygen atoms in total. The first-order valence-electron chi connectivity index (χ1n) is 9.68. The largest absolute Gasteiger partial charge is 0.322 e. The zero-order valence-electron chi connectivity index (χ0n) is 16.9. The molecule has 3 N–H and O–H groups in total. The lowest BCUT2D eigenvalue weighted by Crippen LogP contribution is -2.41. The van der Waals surface area contributed by atoms with Gasteiger partial charge in [-0.15, -0.1) is 11.3 Å². The fourth-order valence-electron chi connectivity index (χ4n) is 3.06.